The normalized spacial score (nSPS) is 17.4. The van der Waals surface area contributed by atoms with Crippen molar-refractivity contribution in [2.75, 3.05) is 13.1 Å². The summed E-state index contributed by atoms with van der Waals surface area (Å²) in [4.78, 5) is 14.9. The summed E-state index contributed by atoms with van der Waals surface area (Å²) in [6.07, 6.45) is 5.71. The van der Waals surface area contributed by atoms with E-state index in [0.29, 0.717) is 6.04 Å². The first-order valence-electron chi connectivity index (χ1n) is 9.06. The maximum absolute atomic E-state index is 4.71. The summed E-state index contributed by atoms with van der Waals surface area (Å²) in [5, 5.41) is 12.6. The minimum Gasteiger partial charge on any atom is -0.357 e. The highest BCUT2D eigenvalue weighted by molar-refractivity contribution is 7.11. The predicted octanol–water partition coefficient (Wildman–Crippen LogP) is 1.72. The third kappa shape index (κ3) is 4.78. The Morgan fingerprint density at radius 1 is 1.44 bits per heavy atom. The molecule has 0 bridgehead atoms. The molecule has 2 aromatic rings. The van der Waals surface area contributed by atoms with Crippen LogP contribution in [0.3, 0.4) is 0 Å². The van der Waals surface area contributed by atoms with Gasteiger partial charge in [0.05, 0.1) is 11.6 Å². The SMILES string of the molecule is CCNC(=NCCc1ncc(C)s1)NC1CCc2nc(CC)nn2C1. The average molecular weight is 362 g/mol. The van der Waals surface area contributed by atoms with Crippen LogP contribution in [0, 0.1) is 6.92 Å². The van der Waals surface area contributed by atoms with Gasteiger partial charge in [-0.3, -0.25) is 4.99 Å². The van der Waals surface area contributed by atoms with Crippen LogP contribution in [0.2, 0.25) is 0 Å². The third-order valence-electron chi connectivity index (χ3n) is 4.17. The number of thiazole rings is 1. The zero-order valence-corrected chi connectivity index (χ0v) is 16.1. The van der Waals surface area contributed by atoms with E-state index in [9.17, 15) is 0 Å². The first-order valence-corrected chi connectivity index (χ1v) is 9.88. The van der Waals surface area contributed by atoms with Crippen LogP contribution in [-0.4, -0.2) is 44.8 Å². The molecule has 0 fully saturated rings. The topological polar surface area (TPSA) is 80.0 Å². The number of hydrogen-bond donors (Lipinski definition) is 2. The van der Waals surface area contributed by atoms with Crippen LogP contribution < -0.4 is 10.6 Å². The molecule has 2 N–H and O–H groups in total. The summed E-state index contributed by atoms with van der Waals surface area (Å²) >= 11 is 1.75. The smallest absolute Gasteiger partial charge is 0.191 e. The lowest BCUT2D eigenvalue weighted by atomic mass is 10.1. The predicted molar refractivity (Wildman–Crippen MR) is 101 cm³/mol. The van der Waals surface area contributed by atoms with Gasteiger partial charge in [0.15, 0.2) is 11.8 Å². The molecule has 0 aliphatic carbocycles. The number of fused-ring (bicyclic) bond motifs is 1. The van der Waals surface area contributed by atoms with Crippen molar-refractivity contribution in [3.8, 4) is 0 Å². The molecule has 0 saturated heterocycles. The lowest BCUT2D eigenvalue weighted by molar-refractivity contribution is 0.392. The lowest BCUT2D eigenvalue weighted by Gasteiger charge is -2.25. The Bertz CT molecular complexity index is 718. The van der Waals surface area contributed by atoms with Gasteiger partial charge >= 0.3 is 0 Å². The summed E-state index contributed by atoms with van der Waals surface area (Å²) in [5.74, 6) is 2.92. The Hall–Kier alpha value is -1.96. The molecule has 1 unspecified atom stereocenters. The van der Waals surface area contributed by atoms with E-state index in [-0.39, 0.29) is 0 Å². The van der Waals surface area contributed by atoms with Crippen molar-refractivity contribution >= 4 is 17.3 Å². The van der Waals surface area contributed by atoms with E-state index in [4.69, 9.17) is 4.99 Å². The molecule has 1 aliphatic heterocycles. The van der Waals surface area contributed by atoms with Crippen molar-refractivity contribution in [3.05, 3.63) is 27.7 Å². The number of aliphatic imine (C=N–C) groups is 1. The summed E-state index contributed by atoms with van der Waals surface area (Å²) in [7, 11) is 0. The van der Waals surface area contributed by atoms with Gasteiger partial charge < -0.3 is 10.6 Å². The van der Waals surface area contributed by atoms with Crippen LogP contribution in [0.25, 0.3) is 0 Å². The Kier molecular flexibility index (Phi) is 6.01. The van der Waals surface area contributed by atoms with E-state index in [2.05, 4.69) is 46.5 Å². The number of nitrogens with one attached hydrogen (secondary N) is 2. The second-order valence-corrected chi connectivity index (χ2v) is 7.55. The molecule has 8 heteroatoms. The van der Waals surface area contributed by atoms with Crippen molar-refractivity contribution in [1.82, 2.24) is 30.4 Å². The van der Waals surface area contributed by atoms with Crippen LogP contribution in [0.4, 0.5) is 0 Å². The van der Waals surface area contributed by atoms with Gasteiger partial charge in [0.25, 0.3) is 0 Å². The molecule has 3 heterocycles. The fraction of sp³-hybridized carbons (Fsp3) is 0.647. The molecule has 136 valence electrons. The third-order valence-corrected chi connectivity index (χ3v) is 5.14. The van der Waals surface area contributed by atoms with Crippen LogP contribution in [-0.2, 0) is 25.8 Å². The van der Waals surface area contributed by atoms with Gasteiger partial charge in [-0.15, -0.1) is 11.3 Å². The van der Waals surface area contributed by atoms with Gasteiger partial charge in [0.1, 0.15) is 5.82 Å². The zero-order chi connectivity index (χ0) is 17.6. The first kappa shape index (κ1) is 17.8. The molecule has 1 atom stereocenters. The molecular weight excluding hydrogens is 334 g/mol. The summed E-state index contributed by atoms with van der Waals surface area (Å²) < 4.78 is 2.04. The van der Waals surface area contributed by atoms with Crippen molar-refractivity contribution in [1.29, 1.82) is 0 Å². The van der Waals surface area contributed by atoms with Crippen LogP contribution in [0.1, 0.15) is 41.8 Å². The molecule has 3 rings (SSSR count). The van der Waals surface area contributed by atoms with Crippen LogP contribution in [0.5, 0.6) is 0 Å². The lowest BCUT2D eigenvalue weighted by Crippen LogP contribution is -2.47. The summed E-state index contributed by atoms with van der Waals surface area (Å²) in [6, 6.07) is 0.332. The van der Waals surface area contributed by atoms with Gasteiger partial charge in [-0.2, -0.15) is 5.10 Å². The second kappa shape index (κ2) is 8.42. The number of guanidine groups is 1. The minimum absolute atomic E-state index is 0.332. The first-order chi connectivity index (χ1) is 12.2. The van der Waals surface area contributed by atoms with Gasteiger partial charge in [-0.05, 0) is 20.3 Å². The highest BCUT2D eigenvalue weighted by Gasteiger charge is 2.22. The monoisotopic (exact) mass is 361 g/mol. The molecule has 0 amide bonds. The number of aryl methyl sites for hydroxylation is 3. The van der Waals surface area contributed by atoms with Gasteiger partial charge in [0, 0.05) is 49.5 Å². The Labute approximate surface area is 153 Å². The standard InChI is InChI=1S/C17H27N7S/c1-4-14-22-15-7-6-13(11-24(15)23-14)21-17(18-5-2)19-9-8-16-20-10-12(3)25-16/h10,13H,4-9,11H2,1-3H3,(H2,18,19,21). The molecule has 7 nitrogen and oxygen atoms in total. The van der Waals surface area contributed by atoms with Crippen LogP contribution >= 0.6 is 11.3 Å². The number of hydrogen-bond acceptors (Lipinski definition) is 5. The Morgan fingerprint density at radius 2 is 2.32 bits per heavy atom. The van der Waals surface area contributed by atoms with Crippen molar-refractivity contribution in [2.45, 2.75) is 59.0 Å². The summed E-state index contributed by atoms with van der Waals surface area (Å²) in [5.41, 5.74) is 0. The highest BCUT2D eigenvalue weighted by Crippen LogP contribution is 2.14. The fourth-order valence-corrected chi connectivity index (χ4v) is 3.70. The van der Waals surface area contributed by atoms with E-state index in [1.165, 1.54) is 4.88 Å². The van der Waals surface area contributed by atoms with E-state index in [1.807, 2.05) is 10.9 Å². The molecule has 0 radical (unpaired) electrons. The van der Waals surface area contributed by atoms with Crippen molar-refractivity contribution in [2.24, 2.45) is 4.99 Å². The van der Waals surface area contributed by atoms with Gasteiger partial charge in [0.2, 0.25) is 0 Å². The maximum Gasteiger partial charge on any atom is 0.191 e. The number of rotatable bonds is 6. The molecule has 0 saturated carbocycles. The van der Waals surface area contributed by atoms with E-state index >= 15 is 0 Å². The highest BCUT2D eigenvalue weighted by atomic mass is 32.1. The van der Waals surface area contributed by atoms with E-state index in [1.54, 1.807) is 11.3 Å². The largest absolute Gasteiger partial charge is 0.357 e. The van der Waals surface area contributed by atoms with Gasteiger partial charge in [-0.25, -0.2) is 14.6 Å². The number of nitrogens with zero attached hydrogens (tertiary/aromatic N) is 5. The van der Waals surface area contributed by atoms with Crippen molar-refractivity contribution in [3.63, 3.8) is 0 Å². The second-order valence-electron chi connectivity index (χ2n) is 6.24. The number of aromatic nitrogens is 4. The average Bonchev–Trinajstić information content (AvgIpc) is 3.20. The summed E-state index contributed by atoms with van der Waals surface area (Å²) in [6.45, 7) is 8.70. The van der Waals surface area contributed by atoms with Crippen molar-refractivity contribution < 1.29 is 0 Å². The Balaban J connectivity index is 1.56. The molecule has 1 aliphatic rings. The zero-order valence-electron chi connectivity index (χ0n) is 15.2. The van der Waals surface area contributed by atoms with Gasteiger partial charge in [-0.1, -0.05) is 6.92 Å². The molecule has 25 heavy (non-hydrogen) atoms. The minimum atomic E-state index is 0.332. The quantitative estimate of drug-likeness (QED) is 0.605. The molecule has 2 aromatic heterocycles. The van der Waals surface area contributed by atoms with E-state index in [0.717, 1.165) is 67.9 Å². The maximum atomic E-state index is 4.71. The molecular formula is C17H27N7S. The van der Waals surface area contributed by atoms with E-state index < -0.39 is 0 Å². The molecule has 0 spiro atoms. The Morgan fingerprint density at radius 3 is 3.04 bits per heavy atom. The fourth-order valence-electron chi connectivity index (χ4n) is 2.92. The van der Waals surface area contributed by atoms with Crippen LogP contribution in [0.15, 0.2) is 11.2 Å². The molecule has 0 aromatic carbocycles.